The molecule has 1 N–H and O–H groups in total. The number of halogens is 1. The third-order valence-corrected chi connectivity index (χ3v) is 4.47. The van der Waals surface area contributed by atoms with Gasteiger partial charge < -0.3 is 14.8 Å². The molecule has 3 aromatic rings. The maximum absolute atomic E-state index is 5.97. The van der Waals surface area contributed by atoms with E-state index in [4.69, 9.17) is 21.1 Å². The van der Waals surface area contributed by atoms with E-state index in [0.29, 0.717) is 13.2 Å². The Morgan fingerprint density at radius 3 is 2.42 bits per heavy atom. The first-order valence-corrected chi connectivity index (χ1v) is 8.87. The predicted molar refractivity (Wildman–Crippen MR) is 107 cm³/mol. The molecule has 0 amide bonds. The number of hydrogen-bond donors (Lipinski definition) is 1. The molecule has 0 saturated heterocycles. The Hall–Kier alpha value is -2.65. The Morgan fingerprint density at radius 2 is 1.69 bits per heavy atom. The zero-order chi connectivity index (χ0) is 18.4. The first-order chi connectivity index (χ1) is 12.7. The van der Waals surface area contributed by atoms with E-state index in [0.717, 1.165) is 27.8 Å². The van der Waals surface area contributed by atoms with E-state index in [1.54, 1.807) is 7.11 Å². The van der Waals surface area contributed by atoms with Crippen molar-refractivity contribution in [1.29, 1.82) is 0 Å². The van der Waals surface area contributed by atoms with Crippen molar-refractivity contribution in [2.24, 2.45) is 0 Å². The van der Waals surface area contributed by atoms with Crippen LogP contribution < -0.4 is 14.8 Å². The highest BCUT2D eigenvalue weighted by atomic mass is 35.5. The highest BCUT2D eigenvalue weighted by Gasteiger charge is 2.07. The van der Waals surface area contributed by atoms with Crippen LogP contribution in [0.3, 0.4) is 0 Å². The van der Waals surface area contributed by atoms with Gasteiger partial charge in [-0.3, -0.25) is 0 Å². The smallest absolute Gasteiger partial charge is 0.161 e. The Labute approximate surface area is 159 Å². The summed E-state index contributed by atoms with van der Waals surface area (Å²) in [5, 5.41) is 4.10. The van der Waals surface area contributed by atoms with Crippen LogP contribution in [0.2, 0.25) is 5.02 Å². The lowest BCUT2D eigenvalue weighted by Crippen LogP contribution is -2.02. The molecule has 3 rings (SSSR count). The summed E-state index contributed by atoms with van der Waals surface area (Å²) in [5.74, 6) is 1.47. The molecule has 4 heteroatoms. The van der Waals surface area contributed by atoms with Gasteiger partial charge in [0.05, 0.1) is 7.11 Å². The van der Waals surface area contributed by atoms with E-state index in [1.165, 1.54) is 11.1 Å². The third-order valence-electron chi connectivity index (χ3n) is 4.21. The number of rotatable bonds is 7. The van der Waals surface area contributed by atoms with Crippen molar-refractivity contribution in [3.8, 4) is 11.5 Å². The highest BCUT2D eigenvalue weighted by Crippen LogP contribution is 2.29. The SMILES string of the molecule is COc1cc(CNc2ccc(Cl)cc2)ccc1OCc1ccccc1C. The lowest BCUT2D eigenvalue weighted by molar-refractivity contribution is 0.283. The first-order valence-electron chi connectivity index (χ1n) is 8.49. The Balaban J connectivity index is 1.65. The van der Waals surface area contributed by atoms with E-state index in [1.807, 2.05) is 54.6 Å². The molecule has 0 heterocycles. The molecule has 0 aliphatic carbocycles. The van der Waals surface area contributed by atoms with Crippen LogP contribution in [0.4, 0.5) is 5.69 Å². The number of hydrogen-bond acceptors (Lipinski definition) is 3. The maximum atomic E-state index is 5.97. The minimum Gasteiger partial charge on any atom is -0.493 e. The van der Waals surface area contributed by atoms with E-state index >= 15 is 0 Å². The molecule has 0 fully saturated rings. The normalized spacial score (nSPS) is 10.4. The van der Waals surface area contributed by atoms with Crippen LogP contribution in [0.1, 0.15) is 16.7 Å². The molecule has 0 aromatic heterocycles. The van der Waals surface area contributed by atoms with Gasteiger partial charge in [-0.15, -0.1) is 0 Å². The minimum absolute atomic E-state index is 0.519. The number of ether oxygens (including phenoxy) is 2. The molecule has 0 bridgehead atoms. The van der Waals surface area contributed by atoms with E-state index in [2.05, 4.69) is 24.4 Å². The second-order valence-corrected chi connectivity index (χ2v) is 6.50. The topological polar surface area (TPSA) is 30.5 Å². The monoisotopic (exact) mass is 367 g/mol. The van der Waals surface area contributed by atoms with Crippen molar-refractivity contribution in [3.05, 3.63) is 88.4 Å². The van der Waals surface area contributed by atoms with Gasteiger partial charge in [0.15, 0.2) is 11.5 Å². The number of benzene rings is 3. The summed E-state index contributed by atoms with van der Waals surface area (Å²) in [4.78, 5) is 0. The van der Waals surface area contributed by atoms with Gasteiger partial charge in [0.2, 0.25) is 0 Å². The lowest BCUT2D eigenvalue weighted by atomic mass is 10.1. The maximum Gasteiger partial charge on any atom is 0.161 e. The second-order valence-electron chi connectivity index (χ2n) is 6.06. The molecule has 3 aromatic carbocycles. The van der Waals surface area contributed by atoms with Gasteiger partial charge in [0.1, 0.15) is 6.61 Å². The Morgan fingerprint density at radius 1 is 0.923 bits per heavy atom. The fourth-order valence-corrected chi connectivity index (χ4v) is 2.77. The number of methoxy groups -OCH3 is 1. The average Bonchev–Trinajstić information content (AvgIpc) is 2.67. The van der Waals surface area contributed by atoms with Crippen molar-refractivity contribution in [1.82, 2.24) is 0 Å². The summed E-state index contributed by atoms with van der Waals surface area (Å²) in [6.45, 7) is 3.29. The largest absolute Gasteiger partial charge is 0.493 e. The molecule has 0 radical (unpaired) electrons. The van der Waals surface area contributed by atoms with Crippen molar-refractivity contribution in [2.45, 2.75) is 20.1 Å². The molecule has 26 heavy (non-hydrogen) atoms. The van der Waals surface area contributed by atoms with E-state index in [-0.39, 0.29) is 0 Å². The van der Waals surface area contributed by atoms with E-state index in [9.17, 15) is 0 Å². The van der Waals surface area contributed by atoms with Gasteiger partial charge >= 0.3 is 0 Å². The third kappa shape index (κ3) is 4.70. The molecule has 0 saturated carbocycles. The summed E-state index contributed by atoms with van der Waals surface area (Å²) < 4.78 is 11.5. The van der Waals surface area contributed by atoms with Crippen molar-refractivity contribution in [2.75, 3.05) is 12.4 Å². The second kappa shape index (κ2) is 8.63. The fraction of sp³-hybridized carbons (Fsp3) is 0.182. The number of anilines is 1. The van der Waals surface area contributed by atoms with Crippen molar-refractivity contribution < 1.29 is 9.47 Å². The molecule has 0 unspecified atom stereocenters. The lowest BCUT2D eigenvalue weighted by Gasteiger charge is -2.14. The van der Waals surface area contributed by atoms with Crippen LogP contribution >= 0.6 is 11.6 Å². The van der Waals surface area contributed by atoms with Gasteiger partial charge in [-0.25, -0.2) is 0 Å². The standard InChI is InChI=1S/C22H22ClNO2/c1-16-5-3-4-6-18(16)15-26-21-12-7-17(13-22(21)25-2)14-24-20-10-8-19(23)9-11-20/h3-13,24H,14-15H2,1-2H3. The Bertz CT molecular complexity index is 862. The van der Waals surface area contributed by atoms with Crippen LogP contribution in [0, 0.1) is 6.92 Å². The zero-order valence-electron chi connectivity index (χ0n) is 15.0. The van der Waals surface area contributed by atoms with Crippen LogP contribution in [0.15, 0.2) is 66.7 Å². The summed E-state index contributed by atoms with van der Waals surface area (Å²) >= 11 is 5.91. The molecular weight excluding hydrogens is 346 g/mol. The van der Waals surface area contributed by atoms with Gasteiger partial charge in [-0.1, -0.05) is 41.9 Å². The van der Waals surface area contributed by atoms with Gasteiger partial charge in [0, 0.05) is 17.3 Å². The van der Waals surface area contributed by atoms with Crippen molar-refractivity contribution in [3.63, 3.8) is 0 Å². The highest BCUT2D eigenvalue weighted by molar-refractivity contribution is 6.30. The molecular formula is C22H22ClNO2. The molecule has 0 aliphatic rings. The number of aryl methyl sites for hydroxylation is 1. The Kier molecular flexibility index (Phi) is 6.03. The summed E-state index contributed by atoms with van der Waals surface area (Å²) in [5.41, 5.74) is 4.52. The quantitative estimate of drug-likeness (QED) is 0.568. The molecule has 134 valence electrons. The van der Waals surface area contributed by atoms with Gasteiger partial charge in [-0.05, 0) is 60.0 Å². The average molecular weight is 368 g/mol. The molecule has 0 spiro atoms. The van der Waals surface area contributed by atoms with Crippen LogP contribution in [-0.2, 0) is 13.2 Å². The zero-order valence-corrected chi connectivity index (χ0v) is 15.7. The van der Waals surface area contributed by atoms with Gasteiger partial charge in [-0.2, -0.15) is 0 Å². The molecule has 3 nitrogen and oxygen atoms in total. The molecule has 0 aliphatic heterocycles. The predicted octanol–water partition coefficient (Wildman–Crippen LogP) is 5.85. The van der Waals surface area contributed by atoms with Crippen LogP contribution in [0.5, 0.6) is 11.5 Å². The molecule has 0 atom stereocenters. The summed E-state index contributed by atoms with van der Waals surface area (Å²) in [7, 11) is 1.66. The minimum atomic E-state index is 0.519. The van der Waals surface area contributed by atoms with Crippen LogP contribution in [-0.4, -0.2) is 7.11 Å². The number of nitrogens with one attached hydrogen (secondary N) is 1. The van der Waals surface area contributed by atoms with Crippen molar-refractivity contribution >= 4 is 17.3 Å². The summed E-state index contributed by atoms with van der Waals surface area (Å²) in [6, 6.07) is 21.9. The first kappa shape index (κ1) is 18.2. The fourth-order valence-electron chi connectivity index (χ4n) is 2.64. The van der Waals surface area contributed by atoms with Crippen LogP contribution in [0.25, 0.3) is 0 Å². The van der Waals surface area contributed by atoms with Gasteiger partial charge in [0.25, 0.3) is 0 Å². The summed E-state index contributed by atoms with van der Waals surface area (Å²) in [6.07, 6.45) is 0. The van der Waals surface area contributed by atoms with E-state index < -0.39 is 0 Å².